The molecule has 0 aromatic carbocycles. The minimum absolute atomic E-state index is 0.528. The van der Waals surface area contributed by atoms with E-state index in [1.54, 1.807) is 0 Å². The first-order valence-electron chi connectivity index (χ1n) is 8.10. The number of aromatic amines is 1. The predicted molar refractivity (Wildman–Crippen MR) is 88.0 cm³/mol. The van der Waals surface area contributed by atoms with Crippen LogP contribution in [0, 0.1) is 0 Å². The summed E-state index contributed by atoms with van der Waals surface area (Å²) in [5.41, 5.74) is 6.69. The van der Waals surface area contributed by atoms with Gasteiger partial charge < -0.3 is 16.0 Å². The van der Waals surface area contributed by atoms with Crippen molar-refractivity contribution in [1.82, 2.24) is 25.4 Å². The van der Waals surface area contributed by atoms with E-state index in [1.807, 2.05) is 12.3 Å². The average molecular weight is 301 g/mol. The maximum absolute atomic E-state index is 5.73. The highest BCUT2D eigenvalue weighted by molar-refractivity contribution is 5.90. The predicted octanol–water partition coefficient (Wildman–Crippen LogP) is 0.414. The van der Waals surface area contributed by atoms with E-state index < -0.39 is 0 Å². The molecule has 0 bridgehead atoms. The second kappa shape index (κ2) is 5.73. The van der Waals surface area contributed by atoms with Crippen molar-refractivity contribution in [3.63, 3.8) is 0 Å². The highest BCUT2D eigenvalue weighted by Crippen LogP contribution is 2.27. The van der Waals surface area contributed by atoms with Gasteiger partial charge in [0.25, 0.3) is 0 Å². The first kappa shape index (κ1) is 13.8. The van der Waals surface area contributed by atoms with Crippen LogP contribution in [0.3, 0.4) is 0 Å². The maximum Gasteiger partial charge on any atom is 0.159 e. The van der Waals surface area contributed by atoms with Crippen molar-refractivity contribution in [1.29, 1.82) is 0 Å². The van der Waals surface area contributed by atoms with Gasteiger partial charge in [0.1, 0.15) is 5.82 Å². The topological polar surface area (TPSA) is 86.1 Å². The van der Waals surface area contributed by atoms with Crippen molar-refractivity contribution < 1.29 is 0 Å². The van der Waals surface area contributed by atoms with E-state index in [4.69, 9.17) is 5.73 Å². The molecule has 118 valence electrons. The van der Waals surface area contributed by atoms with Crippen molar-refractivity contribution in [2.24, 2.45) is 0 Å². The summed E-state index contributed by atoms with van der Waals surface area (Å²) < 4.78 is 0. The minimum Gasteiger partial charge on any atom is -0.384 e. The zero-order chi connectivity index (χ0) is 14.9. The van der Waals surface area contributed by atoms with Gasteiger partial charge >= 0.3 is 0 Å². The Bertz CT molecular complexity index is 638. The molecule has 2 aliphatic heterocycles. The number of piperidine rings is 1. The number of piperazine rings is 1. The summed E-state index contributed by atoms with van der Waals surface area (Å²) in [6.07, 6.45) is 4.24. The summed E-state index contributed by atoms with van der Waals surface area (Å²) >= 11 is 0. The van der Waals surface area contributed by atoms with Gasteiger partial charge in [0.15, 0.2) is 5.82 Å². The second-order valence-electron chi connectivity index (χ2n) is 6.21. The Labute approximate surface area is 129 Å². The lowest BCUT2D eigenvalue weighted by Gasteiger charge is -2.40. The number of aromatic nitrogens is 3. The Balaban J connectivity index is 1.46. The number of nitrogens with zero attached hydrogens (tertiary/aromatic N) is 4. The van der Waals surface area contributed by atoms with Crippen LogP contribution in [-0.2, 0) is 0 Å². The SMILES string of the molecule is Nc1cc2[nH]nc(N3CCC(N4CCNCC4)CC3)c2cn1. The lowest BCUT2D eigenvalue weighted by molar-refractivity contribution is 0.150. The fourth-order valence-corrected chi connectivity index (χ4v) is 3.65. The molecule has 7 heteroatoms. The fraction of sp³-hybridized carbons (Fsp3) is 0.600. The molecule has 2 aliphatic rings. The Kier molecular flexibility index (Phi) is 3.59. The number of H-pyrrole nitrogens is 1. The van der Waals surface area contributed by atoms with Crippen molar-refractivity contribution in [2.45, 2.75) is 18.9 Å². The normalized spacial score (nSPS) is 21.5. The Morgan fingerprint density at radius 1 is 1.14 bits per heavy atom. The van der Waals surface area contributed by atoms with Crippen LogP contribution in [0.2, 0.25) is 0 Å². The standard InChI is InChI=1S/C15H23N7/c16-14-9-13-12(10-18-14)15(20-19-13)22-5-1-11(2-6-22)21-7-3-17-4-8-21/h9-11,17H,1-8H2,(H2,16,18)(H,19,20). The monoisotopic (exact) mass is 301 g/mol. The Hall–Kier alpha value is -1.86. The van der Waals surface area contributed by atoms with Gasteiger partial charge in [-0.3, -0.25) is 10.00 Å². The number of pyridine rings is 1. The van der Waals surface area contributed by atoms with E-state index in [-0.39, 0.29) is 0 Å². The van der Waals surface area contributed by atoms with E-state index in [2.05, 4.69) is 30.3 Å². The molecule has 0 radical (unpaired) electrons. The highest BCUT2D eigenvalue weighted by Gasteiger charge is 2.27. The van der Waals surface area contributed by atoms with Gasteiger partial charge in [0.2, 0.25) is 0 Å². The van der Waals surface area contributed by atoms with Crippen LogP contribution in [0.4, 0.5) is 11.6 Å². The summed E-state index contributed by atoms with van der Waals surface area (Å²) in [6, 6.07) is 2.57. The van der Waals surface area contributed by atoms with Gasteiger partial charge in [-0.25, -0.2) is 4.98 Å². The first-order chi connectivity index (χ1) is 10.8. The lowest BCUT2D eigenvalue weighted by atomic mass is 10.0. The first-order valence-corrected chi connectivity index (χ1v) is 8.10. The van der Waals surface area contributed by atoms with Crippen molar-refractivity contribution in [3.8, 4) is 0 Å². The molecule has 22 heavy (non-hydrogen) atoms. The maximum atomic E-state index is 5.73. The van der Waals surface area contributed by atoms with Crippen LogP contribution in [0.1, 0.15) is 12.8 Å². The molecule has 2 saturated heterocycles. The number of anilines is 2. The molecule has 4 heterocycles. The quantitative estimate of drug-likeness (QED) is 0.745. The van der Waals surface area contributed by atoms with E-state index >= 15 is 0 Å². The lowest BCUT2D eigenvalue weighted by Crippen LogP contribution is -2.52. The van der Waals surface area contributed by atoms with Gasteiger partial charge in [-0.05, 0) is 12.8 Å². The smallest absolute Gasteiger partial charge is 0.159 e. The van der Waals surface area contributed by atoms with E-state index in [0.29, 0.717) is 5.82 Å². The van der Waals surface area contributed by atoms with Gasteiger partial charge in [-0.2, -0.15) is 5.10 Å². The average Bonchev–Trinajstić information content (AvgIpc) is 2.99. The van der Waals surface area contributed by atoms with E-state index in [1.165, 1.54) is 25.9 Å². The summed E-state index contributed by atoms with van der Waals surface area (Å²) in [4.78, 5) is 9.21. The highest BCUT2D eigenvalue weighted by atomic mass is 15.3. The molecule has 0 aliphatic carbocycles. The number of nitrogens with one attached hydrogen (secondary N) is 2. The van der Waals surface area contributed by atoms with Gasteiger partial charge in [-0.15, -0.1) is 0 Å². The molecule has 2 aromatic rings. The molecule has 0 atom stereocenters. The number of nitrogen functional groups attached to an aromatic ring is 1. The molecule has 0 amide bonds. The molecular formula is C15H23N7. The third-order valence-electron chi connectivity index (χ3n) is 4.88. The summed E-state index contributed by atoms with van der Waals surface area (Å²) in [5, 5.41) is 12.0. The second-order valence-corrected chi connectivity index (χ2v) is 6.21. The van der Waals surface area contributed by atoms with Crippen molar-refractivity contribution in [3.05, 3.63) is 12.3 Å². The molecule has 4 N–H and O–H groups in total. The largest absolute Gasteiger partial charge is 0.384 e. The molecular weight excluding hydrogens is 278 g/mol. The van der Waals surface area contributed by atoms with E-state index in [0.717, 1.165) is 48.9 Å². The summed E-state index contributed by atoms with van der Waals surface area (Å²) in [7, 11) is 0. The van der Waals surface area contributed by atoms with Crippen molar-refractivity contribution >= 4 is 22.5 Å². The minimum atomic E-state index is 0.528. The fourth-order valence-electron chi connectivity index (χ4n) is 3.65. The van der Waals surface area contributed by atoms with Crippen molar-refractivity contribution in [2.75, 3.05) is 49.9 Å². The zero-order valence-corrected chi connectivity index (χ0v) is 12.8. The molecule has 0 unspecified atom stereocenters. The molecule has 2 fully saturated rings. The zero-order valence-electron chi connectivity index (χ0n) is 12.8. The van der Waals surface area contributed by atoms with Gasteiger partial charge in [0, 0.05) is 57.6 Å². The van der Waals surface area contributed by atoms with Crippen LogP contribution < -0.4 is 16.0 Å². The Morgan fingerprint density at radius 2 is 1.91 bits per heavy atom. The number of fused-ring (bicyclic) bond motifs is 1. The molecule has 2 aromatic heterocycles. The van der Waals surface area contributed by atoms with Crippen LogP contribution in [0.5, 0.6) is 0 Å². The third kappa shape index (κ3) is 2.50. The molecule has 0 saturated carbocycles. The summed E-state index contributed by atoms with van der Waals surface area (Å²) in [5.74, 6) is 1.54. The van der Waals surface area contributed by atoms with Crippen LogP contribution in [0.25, 0.3) is 10.9 Å². The number of hydrogen-bond donors (Lipinski definition) is 3. The number of hydrogen-bond acceptors (Lipinski definition) is 6. The molecule has 0 spiro atoms. The molecule has 4 rings (SSSR count). The van der Waals surface area contributed by atoms with Crippen LogP contribution in [0.15, 0.2) is 12.3 Å². The van der Waals surface area contributed by atoms with Crippen LogP contribution >= 0.6 is 0 Å². The number of nitrogens with two attached hydrogens (primary N) is 1. The Morgan fingerprint density at radius 3 is 2.68 bits per heavy atom. The van der Waals surface area contributed by atoms with E-state index in [9.17, 15) is 0 Å². The number of rotatable bonds is 2. The summed E-state index contributed by atoms with van der Waals surface area (Å²) in [6.45, 7) is 6.71. The van der Waals surface area contributed by atoms with Gasteiger partial charge in [-0.1, -0.05) is 0 Å². The van der Waals surface area contributed by atoms with Gasteiger partial charge in [0.05, 0.1) is 10.9 Å². The van der Waals surface area contributed by atoms with Crippen LogP contribution in [-0.4, -0.2) is 65.4 Å². The third-order valence-corrected chi connectivity index (χ3v) is 4.88. The molecule has 7 nitrogen and oxygen atoms in total.